The van der Waals surface area contributed by atoms with Crippen LogP contribution in [0.5, 0.6) is 11.5 Å². The fourth-order valence-electron chi connectivity index (χ4n) is 10.6. The average molecular weight is 765 g/mol. The standard InChI is InChI=1S/C57H36N2O/c1-2-19-39(20-3-1)58(41-32-34-45-44-22-6-9-27-52(44)59(53(45)36-41)51-28-14-16-37-15-4-5-21-42(37)51)40-31-33-43-46-23-12-17-38-18-13-26-49(56(38)46)57(50(43)35-40)47-24-7-10-29-54(47)60-55-30-11-8-25-48(55)57/h1-36H. The predicted molar refractivity (Wildman–Crippen MR) is 248 cm³/mol. The van der Waals surface area contributed by atoms with Crippen LogP contribution < -0.4 is 9.64 Å². The molecule has 0 saturated heterocycles. The van der Waals surface area contributed by atoms with Gasteiger partial charge in [-0.1, -0.05) is 158 Å². The Kier molecular flexibility index (Phi) is 6.93. The molecule has 3 nitrogen and oxygen atoms in total. The molecule has 0 bridgehead atoms. The quantitative estimate of drug-likeness (QED) is 0.178. The van der Waals surface area contributed by atoms with E-state index < -0.39 is 5.41 Å². The molecule has 0 unspecified atom stereocenters. The molecule has 280 valence electrons. The molecule has 1 spiro atoms. The zero-order chi connectivity index (χ0) is 39.4. The zero-order valence-corrected chi connectivity index (χ0v) is 32.6. The Bertz CT molecular complexity index is 3490. The molecule has 11 aromatic rings. The lowest BCUT2D eigenvalue weighted by Gasteiger charge is -2.45. The van der Waals surface area contributed by atoms with Gasteiger partial charge in [0.15, 0.2) is 0 Å². The topological polar surface area (TPSA) is 17.4 Å². The van der Waals surface area contributed by atoms with Crippen LogP contribution in [0.15, 0.2) is 218 Å². The molecule has 0 N–H and O–H groups in total. The molecule has 13 rings (SSSR count). The number of aromatic nitrogens is 1. The highest BCUT2D eigenvalue weighted by Crippen LogP contribution is 2.61. The number of fused-ring (bicyclic) bond motifs is 12. The Labute approximate surface area is 347 Å². The summed E-state index contributed by atoms with van der Waals surface area (Å²) in [5.41, 5.74) is 13.4. The third-order valence-electron chi connectivity index (χ3n) is 13.0. The van der Waals surface area contributed by atoms with Crippen molar-refractivity contribution in [3.63, 3.8) is 0 Å². The van der Waals surface area contributed by atoms with Gasteiger partial charge in [-0.05, 0) is 99.1 Å². The SMILES string of the molecule is c1ccc(N(c2ccc3c(c2)C2(c4ccccc4Oc4ccccc42)c2cccc4cccc-3c24)c2ccc3c4ccccc4n(-c4cccc5ccccc45)c3c2)cc1. The van der Waals surface area contributed by atoms with Gasteiger partial charge in [0.25, 0.3) is 0 Å². The normalized spacial score (nSPS) is 13.3. The summed E-state index contributed by atoms with van der Waals surface area (Å²) in [5, 5.41) is 7.43. The molecule has 3 heteroatoms. The van der Waals surface area contributed by atoms with Crippen molar-refractivity contribution in [2.24, 2.45) is 0 Å². The first kappa shape index (κ1) is 33.1. The zero-order valence-electron chi connectivity index (χ0n) is 32.6. The van der Waals surface area contributed by atoms with E-state index in [2.05, 4.69) is 228 Å². The van der Waals surface area contributed by atoms with E-state index in [4.69, 9.17) is 4.74 Å². The molecule has 0 saturated carbocycles. The lowest BCUT2D eigenvalue weighted by molar-refractivity contribution is 0.435. The third-order valence-corrected chi connectivity index (χ3v) is 13.0. The summed E-state index contributed by atoms with van der Waals surface area (Å²) < 4.78 is 9.20. The Balaban J connectivity index is 1.11. The minimum atomic E-state index is -0.641. The van der Waals surface area contributed by atoms with Crippen LogP contribution in [0.2, 0.25) is 0 Å². The second-order valence-electron chi connectivity index (χ2n) is 16.0. The highest BCUT2D eigenvalue weighted by Gasteiger charge is 2.49. The first-order valence-corrected chi connectivity index (χ1v) is 20.7. The minimum absolute atomic E-state index is 0.641. The van der Waals surface area contributed by atoms with Crippen LogP contribution in [0.4, 0.5) is 17.1 Å². The lowest BCUT2D eigenvalue weighted by Crippen LogP contribution is -2.36. The monoisotopic (exact) mass is 764 g/mol. The van der Waals surface area contributed by atoms with E-state index in [1.807, 2.05) is 0 Å². The van der Waals surface area contributed by atoms with Crippen molar-refractivity contribution in [2.45, 2.75) is 5.41 Å². The van der Waals surface area contributed by atoms with E-state index in [1.54, 1.807) is 0 Å². The van der Waals surface area contributed by atoms with Gasteiger partial charge in [0.2, 0.25) is 0 Å². The van der Waals surface area contributed by atoms with Gasteiger partial charge in [-0.15, -0.1) is 0 Å². The molecule has 60 heavy (non-hydrogen) atoms. The van der Waals surface area contributed by atoms with Gasteiger partial charge < -0.3 is 14.2 Å². The molecule has 0 amide bonds. The molecule has 2 heterocycles. The average Bonchev–Trinajstić information content (AvgIpc) is 3.64. The summed E-state index contributed by atoms with van der Waals surface area (Å²) in [5.74, 6) is 1.77. The molecule has 0 atom stereocenters. The minimum Gasteiger partial charge on any atom is -0.457 e. The van der Waals surface area contributed by atoms with E-state index in [-0.39, 0.29) is 0 Å². The van der Waals surface area contributed by atoms with Crippen LogP contribution >= 0.6 is 0 Å². The van der Waals surface area contributed by atoms with Crippen molar-refractivity contribution in [3.8, 4) is 28.3 Å². The Morgan fingerprint density at radius 1 is 0.367 bits per heavy atom. The molecular weight excluding hydrogens is 729 g/mol. The Hall–Kier alpha value is -7.88. The van der Waals surface area contributed by atoms with Crippen molar-refractivity contribution in [2.75, 3.05) is 4.90 Å². The van der Waals surface area contributed by atoms with Crippen LogP contribution in [0.25, 0.3) is 60.2 Å². The van der Waals surface area contributed by atoms with Gasteiger partial charge in [-0.25, -0.2) is 0 Å². The fourth-order valence-corrected chi connectivity index (χ4v) is 10.6. The van der Waals surface area contributed by atoms with Gasteiger partial charge >= 0.3 is 0 Å². The number of nitrogens with zero attached hydrogens (tertiary/aromatic N) is 2. The smallest absolute Gasteiger partial charge is 0.132 e. The number of benzene rings is 10. The lowest BCUT2D eigenvalue weighted by atomic mass is 9.58. The Morgan fingerprint density at radius 2 is 0.967 bits per heavy atom. The highest BCUT2D eigenvalue weighted by molar-refractivity contribution is 6.12. The number of rotatable bonds is 4. The number of hydrogen-bond acceptors (Lipinski definition) is 2. The maximum Gasteiger partial charge on any atom is 0.132 e. The fraction of sp³-hybridized carbons (Fsp3) is 0.0175. The molecule has 0 fully saturated rings. The van der Waals surface area contributed by atoms with Gasteiger partial charge in [-0.3, -0.25) is 0 Å². The van der Waals surface area contributed by atoms with Crippen LogP contribution in [0.1, 0.15) is 22.3 Å². The van der Waals surface area contributed by atoms with E-state index in [0.717, 1.165) is 45.2 Å². The summed E-state index contributed by atoms with van der Waals surface area (Å²) in [6.45, 7) is 0. The number of para-hydroxylation sites is 4. The summed E-state index contributed by atoms with van der Waals surface area (Å²) in [7, 11) is 0. The second kappa shape index (κ2) is 12.6. The molecular formula is C57H36N2O. The van der Waals surface area contributed by atoms with Gasteiger partial charge in [0, 0.05) is 44.3 Å². The first-order chi connectivity index (χ1) is 29.8. The molecule has 0 radical (unpaired) electrons. The van der Waals surface area contributed by atoms with E-state index >= 15 is 0 Å². The van der Waals surface area contributed by atoms with Crippen LogP contribution in [0, 0.1) is 0 Å². The molecule has 10 aromatic carbocycles. The second-order valence-corrected chi connectivity index (χ2v) is 16.0. The summed E-state index contributed by atoms with van der Waals surface area (Å²) >= 11 is 0. The molecule has 2 aliphatic rings. The largest absolute Gasteiger partial charge is 0.457 e. The maximum atomic E-state index is 6.75. The highest BCUT2D eigenvalue weighted by atomic mass is 16.5. The van der Waals surface area contributed by atoms with Crippen molar-refractivity contribution >= 4 is 60.4 Å². The molecule has 1 aliphatic carbocycles. The van der Waals surface area contributed by atoms with Crippen LogP contribution in [-0.4, -0.2) is 4.57 Å². The van der Waals surface area contributed by atoms with Crippen molar-refractivity contribution < 1.29 is 4.74 Å². The van der Waals surface area contributed by atoms with Gasteiger partial charge in [-0.2, -0.15) is 0 Å². The molecule has 1 aromatic heterocycles. The first-order valence-electron chi connectivity index (χ1n) is 20.7. The number of ether oxygens (including phenoxy) is 1. The van der Waals surface area contributed by atoms with E-state index in [1.165, 1.54) is 65.8 Å². The third kappa shape index (κ3) is 4.49. The van der Waals surface area contributed by atoms with Crippen molar-refractivity contribution in [3.05, 3.63) is 241 Å². The van der Waals surface area contributed by atoms with Crippen LogP contribution in [0.3, 0.4) is 0 Å². The van der Waals surface area contributed by atoms with Gasteiger partial charge in [0.05, 0.1) is 22.1 Å². The van der Waals surface area contributed by atoms with Gasteiger partial charge in [0.1, 0.15) is 11.5 Å². The Morgan fingerprint density at radius 3 is 1.80 bits per heavy atom. The predicted octanol–water partition coefficient (Wildman–Crippen LogP) is 15.0. The van der Waals surface area contributed by atoms with Crippen molar-refractivity contribution in [1.29, 1.82) is 0 Å². The van der Waals surface area contributed by atoms with E-state index in [9.17, 15) is 0 Å². The summed E-state index contributed by atoms with van der Waals surface area (Å²) in [6, 6.07) is 79.8. The maximum absolute atomic E-state index is 6.75. The summed E-state index contributed by atoms with van der Waals surface area (Å²) in [6.07, 6.45) is 0. The van der Waals surface area contributed by atoms with Crippen molar-refractivity contribution in [1.82, 2.24) is 4.57 Å². The molecule has 1 aliphatic heterocycles. The number of anilines is 3. The van der Waals surface area contributed by atoms with E-state index in [0.29, 0.717) is 0 Å². The number of hydrogen-bond donors (Lipinski definition) is 0. The summed E-state index contributed by atoms with van der Waals surface area (Å²) in [4.78, 5) is 2.43. The van der Waals surface area contributed by atoms with Crippen LogP contribution in [-0.2, 0) is 5.41 Å².